The molecule has 0 saturated carbocycles. The minimum absolute atomic E-state index is 0.582. The Balaban J connectivity index is 2.17. The van der Waals surface area contributed by atoms with Gasteiger partial charge in [-0.25, -0.2) is 9.97 Å². The standard InChI is InChI=1S/C17H27N7/c1-4-6-14(19-5-2)12-20-16-15(11-18)17(22-13-21-16)24-9-7-23(3)8-10-24/h4,6,11,13,18H,5,7-10,12H2,1-3H3,(H,20,21,22)/b6-4-,18-11?,19-14?. The number of allylic oxidation sites excluding steroid dienone is 1. The lowest BCUT2D eigenvalue weighted by Gasteiger charge is -2.34. The Morgan fingerprint density at radius 2 is 2.08 bits per heavy atom. The number of hydrogen-bond donors (Lipinski definition) is 2. The van der Waals surface area contributed by atoms with Gasteiger partial charge in [0.05, 0.1) is 17.8 Å². The topological polar surface area (TPSA) is 80.5 Å². The van der Waals surface area contributed by atoms with E-state index in [2.05, 4.69) is 37.1 Å². The smallest absolute Gasteiger partial charge is 0.143 e. The van der Waals surface area contributed by atoms with Gasteiger partial charge in [0, 0.05) is 38.9 Å². The molecule has 0 atom stereocenters. The molecule has 2 N–H and O–H groups in total. The van der Waals surface area contributed by atoms with Gasteiger partial charge >= 0.3 is 0 Å². The third kappa shape index (κ3) is 4.61. The van der Waals surface area contributed by atoms with Gasteiger partial charge in [-0.2, -0.15) is 0 Å². The van der Waals surface area contributed by atoms with E-state index in [9.17, 15) is 0 Å². The van der Waals surface area contributed by atoms with Crippen LogP contribution in [0.15, 0.2) is 23.5 Å². The van der Waals surface area contributed by atoms with Crippen LogP contribution in [-0.4, -0.2) is 73.1 Å². The van der Waals surface area contributed by atoms with Crippen LogP contribution in [0.5, 0.6) is 0 Å². The van der Waals surface area contributed by atoms with Gasteiger partial charge in [-0.15, -0.1) is 0 Å². The molecule has 24 heavy (non-hydrogen) atoms. The van der Waals surface area contributed by atoms with Gasteiger partial charge in [-0.05, 0) is 27.0 Å². The first-order valence-electron chi connectivity index (χ1n) is 8.38. The molecule has 1 aliphatic rings. The Hall–Kier alpha value is -2.28. The Bertz CT molecular complexity index is 601. The molecule has 7 nitrogen and oxygen atoms in total. The lowest BCUT2D eigenvalue weighted by molar-refractivity contribution is 0.312. The van der Waals surface area contributed by atoms with E-state index >= 15 is 0 Å². The molecule has 0 bridgehead atoms. The van der Waals surface area contributed by atoms with E-state index in [1.54, 1.807) is 6.33 Å². The highest BCUT2D eigenvalue weighted by Crippen LogP contribution is 2.22. The SMILES string of the molecule is C/C=C\C(CNc1ncnc(N2CCN(C)CC2)c1C=N)=NCC. The zero-order valence-corrected chi connectivity index (χ0v) is 14.8. The summed E-state index contributed by atoms with van der Waals surface area (Å²) in [5.74, 6) is 1.51. The van der Waals surface area contributed by atoms with Gasteiger partial charge in [-0.1, -0.05) is 6.08 Å². The highest BCUT2D eigenvalue weighted by Gasteiger charge is 2.19. The van der Waals surface area contributed by atoms with Crippen molar-refractivity contribution >= 4 is 23.6 Å². The molecule has 0 radical (unpaired) electrons. The fraction of sp³-hybridized carbons (Fsp3) is 0.529. The molecule has 0 unspecified atom stereocenters. The summed E-state index contributed by atoms with van der Waals surface area (Å²) in [6, 6.07) is 0. The Kier molecular flexibility index (Phi) is 6.87. The van der Waals surface area contributed by atoms with Crippen molar-refractivity contribution in [3.63, 3.8) is 0 Å². The summed E-state index contributed by atoms with van der Waals surface area (Å²) in [6.45, 7) is 9.14. The number of nitrogens with zero attached hydrogens (tertiary/aromatic N) is 5. The van der Waals surface area contributed by atoms with Gasteiger partial charge < -0.3 is 20.5 Å². The predicted octanol–water partition coefficient (Wildman–Crippen LogP) is 1.67. The molecule has 2 heterocycles. The van der Waals surface area contributed by atoms with E-state index in [4.69, 9.17) is 5.41 Å². The first-order valence-corrected chi connectivity index (χ1v) is 8.38. The highest BCUT2D eigenvalue weighted by atomic mass is 15.3. The number of hydrogen-bond acceptors (Lipinski definition) is 7. The summed E-state index contributed by atoms with van der Waals surface area (Å²) in [4.78, 5) is 17.7. The number of likely N-dealkylation sites (N-methyl/N-ethyl adjacent to an activating group) is 1. The van der Waals surface area contributed by atoms with Crippen molar-refractivity contribution in [2.24, 2.45) is 4.99 Å². The molecule has 1 fully saturated rings. The molecule has 2 rings (SSSR count). The Morgan fingerprint density at radius 1 is 1.33 bits per heavy atom. The molecule has 0 amide bonds. The molecule has 0 spiro atoms. The Morgan fingerprint density at radius 3 is 2.71 bits per heavy atom. The fourth-order valence-corrected chi connectivity index (χ4v) is 2.67. The quantitative estimate of drug-likeness (QED) is 0.744. The van der Waals surface area contributed by atoms with Gasteiger partial charge in [0.2, 0.25) is 0 Å². The molecule has 1 aliphatic heterocycles. The van der Waals surface area contributed by atoms with Crippen molar-refractivity contribution < 1.29 is 0 Å². The van der Waals surface area contributed by atoms with Gasteiger partial charge in [-0.3, -0.25) is 4.99 Å². The molecule has 1 aromatic rings. The maximum atomic E-state index is 7.81. The minimum Gasteiger partial charge on any atom is -0.364 e. The summed E-state index contributed by atoms with van der Waals surface area (Å²) >= 11 is 0. The number of nitrogens with one attached hydrogen (secondary N) is 2. The van der Waals surface area contributed by atoms with Crippen molar-refractivity contribution in [2.75, 3.05) is 56.5 Å². The second-order valence-corrected chi connectivity index (χ2v) is 5.71. The summed E-state index contributed by atoms with van der Waals surface area (Å²) in [7, 11) is 2.12. The van der Waals surface area contributed by atoms with Crippen LogP contribution in [0.2, 0.25) is 0 Å². The second kappa shape index (κ2) is 9.12. The molecule has 130 valence electrons. The molecule has 0 aliphatic carbocycles. The lowest BCUT2D eigenvalue weighted by atomic mass is 10.2. The average molecular weight is 329 g/mol. The molecular weight excluding hydrogens is 302 g/mol. The predicted molar refractivity (Wildman–Crippen MR) is 101 cm³/mol. The van der Waals surface area contributed by atoms with Crippen molar-refractivity contribution in [2.45, 2.75) is 13.8 Å². The minimum atomic E-state index is 0.582. The first kappa shape index (κ1) is 18.1. The monoisotopic (exact) mass is 329 g/mol. The molecule has 1 saturated heterocycles. The third-order valence-corrected chi connectivity index (χ3v) is 3.97. The average Bonchev–Trinajstić information content (AvgIpc) is 2.60. The van der Waals surface area contributed by atoms with E-state index in [-0.39, 0.29) is 0 Å². The van der Waals surface area contributed by atoms with Gasteiger partial charge in [0.15, 0.2) is 0 Å². The van der Waals surface area contributed by atoms with Crippen LogP contribution >= 0.6 is 0 Å². The molecule has 7 heteroatoms. The van der Waals surface area contributed by atoms with Crippen LogP contribution in [0, 0.1) is 5.41 Å². The van der Waals surface area contributed by atoms with Gasteiger partial charge in [0.1, 0.15) is 18.0 Å². The number of piperazine rings is 1. The number of aliphatic imine (C=N–C) groups is 1. The zero-order valence-electron chi connectivity index (χ0n) is 14.8. The van der Waals surface area contributed by atoms with Crippen LogP contribution in [0.3, 0.4) is 0 Å². The largest absolute Gasteiger partial charge is 0.364 e. The summed E-state index contributed by atoms with van der Waals surface area (Å²) in [5, 5.41) is 11.1. The van der Waals surface area contributed by atoms with Crippen LogP contribution in [0.25, 0.3) is 0 Å². The summed E-state index contributed by atoms with van der Waals surface area (Å²) < 4.78 is 0. The zero-order chi connectivity index (χ0) is 17.4. The highest BCUT2D eigenvalue weighted by molar-refractivity contribution is 5.99. The normalized spacial score (nSPS) is 16.6. The molecule has 1 aromatic heterocycles. The third-order valence-electron chi connectivity index (χ3n) is 3.97. The fourth-order valence-electron chi connectivity index (χ4n) is 2.67. The van der Waals surface area contributed by atoms with Crippen LogP contribution in [0.1, 0.15) is 19.4 Å². The summed E-state index contributed by atoms with van der Waals surface area (Å²) in [5.41, 5.74) is 1.70. The maximum absolute atomic E-state index is 7.81. The van der Waals surface area contributed by atoms with Gasteiger partial charge in [0.25, 0.3) is 0 Å². The van der Waals surface area contributed by atoms with Crippen molar-refractivity contribution in [3.05, 3.63) is 24.0 Å². The number of anilines is 2. The summed E-state index contributed by atoms with van der Waals surface area (Å²) in [6.07, 6.45) is 6.87. The van der Waals surface area contributed by atoms with E-state index in [1.165, 1.54) is 6.21 Å². The number of aromatic nitrogens is 2. The first-order chi connectivity index (χ1) is 11.7. The van der Waals surface area contributed by atoms with Crippen LogP contribution in [-0.2, 0) is 0 Å². The van der Waals surface area contributed by atoms with E-state index in [0.29, 0.717) is 12.4 Å². The lowest BCUT2D eigenvalue weighted by Crippen LogP contribution is -2.45. The molecule has 0 aromatic carbocycles. The van der Waals surface area contributed by atoms with Crippen LogP contribution in [0.4, 0.5) is 11.6 Å². The van der Waals surface area contributed by atoms with E-state index in [0.717, 1.165) is 49.8 Å². The maximum Gasteiger partial charge on any atom is 0.143 e. The van der Waals surface area contributed by atoms with Crippen molar-refractivity contribution in [3.8, 4) is 0 Å². The molecular formula is C17H27N7. The van der Waals surface area contributed by atoms with Crippen LogP contribution < -0.4 is 10.2 Å². The van der Waals surface area contributed by atoms with Crippen molar-refractivity contribution in [1.82, 2.24) is 14.9 Å². The van der Waals surface area contributed by atoms with E-state index < -0.39 is 0 Å². The Labute approximate surface area is 144 Å². The van der Waals surface area contributed by atoms with E-state index in [1.807, 2.05) is 26.0 Å². The number of rotatable bonds is 7. The van der Waals surface area contributed by atoms with Crippen molar-refractivity contribution in [1.29, 1.82) is 5.41 Å². The second-order valence-electron chi connectivity index (χ2n) is 5.71.